The molecule has 0 bridgehead atoms. The van der Waals surface area contributed by atoms with Crippen molar-refractivity contribution in [3.8, 4) is 0 Å². The van der Waals surface area contributed by atoms with Crippen LogP contribution in [0.15, 0.2) is 29.1 Å². The predicted octanol–water partition coefficient (Wildman–Crippen LogP) is 3.01. The Morgan fingerprint density at radius 3 is 2.95 bits per heavy atom. The average Bonchev–Trinajstić information content (AvgIpc) is 3.07. The molecule has 1 saturated heterocycles. The average molecular weight is 336 g/mol. The Morgan fingerprint density at radius 2 is 2.25 bits per heavy atom. The van der Waals surface area contributed by atoms with Crippen molar-refractivity contribution in [1.82, 2.24) is 19.7 Å². The first kappa shape index (κ1) is 13.5. The van der Waals surface area contributed by atoms with Gasteiger partial charge in [0.2, 0.25) is 0 Å². The van der Waals surface area contributed by atoms with E-state index in [0.717, 1.165) is 35.6 Å². The molecular weight excluding hydrogens is 318 g/mol. The smallest absolute Gasteiger partial charge is 0.133 e. The van der Waals surface area contributed by atoms with Crippen LogP contribution >= 0.6 is 15.9 Å². The molecule has 106 valence electrons. The van der Waals surface area contributed by atoms with Gasteiger partial charge < -0.3 is 4.90 Å². The van der Waals surface area contributed by atoms with Gasteiger partial charge in [0.1, 0.15) is 11.6 Å². The lowest BCUT2D eigenvalue weighted by molar-refractivity contribution is 0.494. The van der Waals surface area contributed by atoms with Gasteiger partial charge in [-0.3, -0.25) is 4.68 Å². The molecule has 3 rings (SSSR count). The van der Waals surface area contributed by atoms with E-state index in [-0.39, 0.29) is 0 Å². The largest absolute Gasteiger partial charge is 0.354 e. The fourth-order valence-electron chi connectivity index (χ4n) is 2.50. The summed E-state index contributed by atoms with van der Waals surface area (Å²) >= 11 is 3.45. The molecule has 6 heteroatoms. The Hall–Kier alpha value is -1.43. The summed E-state index contributed by atoms with van der Waals surface area (Å²) in [6, 6.07) is 2.41. The van der Waals surface area contributed by atoms with Crippen molar-refractivity contribution in [2.24, 2.45) is 0 Å². The minimum Gasteiger partial charge on any atom is -0.354 e. The molecule has 1 fully saturated rings. The third-order valence-corrected chi connectivity index (χ3v) is 4.02. The molecular formula is C14H18BrN5. The Kier molecular flexibility index (Phi) is 3.74. The molecule has 20 heavy (non-hydrogen) atoms. The van der Waals surface area contributed by atoms with E-state index in [0.29, 0.717) is 12.0 Å². The summed E-state index contributed by atoms with van der Waals surface area (Å²) in [5.41, 5.74) is 0. The number of hydrogen-bond donors (Lipinski definition) is 0. The molecule has 0 amide bonds. The molecule has 0 aliphatic carbocycles. The maximum atomic E-state index is 4.66. The van der Waals surface area contributed by atoms with Crippen LogP contribution in [0, 0.1) is 0 Å². The number of rotatable bonds is 3. The van der Waals surface area contributed by atoms with Gasteiger partial charge in [0.05, 0.1) is 16.7 Å². The van der Waals surface area contributed by atoms with Gasteiger partial charge >= 0.3 is 0 Å². The van der Waals surface area contributed by atoms with Crippen molar-refractivity contribution in [2.45, 2.75) is 32.2 Å². The Balaban J connectivity index is 1.75. The second-order valence-corrected chi connectivity index (χ2v) is 6.37. The molecule has 0 N–H and O–H groups in total. The van der Waals surface area contributed by atoms with Crippen molar-refractivity contribution in [3.63, 3.8) is 0 Å². The zero-order valence-corrected chi connectivity index (χ0v) is 13.3. The molecule has 0 aromatic carbocycles. The highest BCUT2D eigenvalue weighted by Gasteiger charge is 2.25. The van der Waals surface area contributed by atoms with E-state index in [2.05, 4.69) is 49.7 Å². The molecule has 1 atom stereocenters. The van der Waals surface area contributed by atoms with E-state index in [1.807, 2.05) is 29.3 Å². The van der Waals surface area contributed by atoms with Crippen LogP contribution in [-0.2, 0) is 0 Å². The van der Waals surface area contributed by atoms with Crippen LogP contribution < -0.4 is 4.90 Å². The van der Waals surface area contributed by atoms with Crippen molar-refractivity contribution < 1.29 is 0 Å². The van der Waals surface area contributed by atoms with E-state index in [1.54, 1.807) is 0 Å². The van der Waals surface area contributed by atoms with Crippen molar-refractivity contribution in [3.05, 3.63) is 35.0 Å². The molecule has 0 spiro atoms. The summed E-state index contributed by atoms with van der Waals surface area (Å²) in [4.78, 5) is 11.3. The number of aromatic nitrogens is 4. The molecule has 3 heterocycles. The molecule has 2 aromatic heterocycles. The number of anilines is 1. The third kappa shape index (κ3) is 2.70. The lowest BCUT2D eigenvalue weighted by Gasteiger charge is -2.18. The molecule has 5 nitrogen and oxygen atoms in total. The monoisotopic (exact) mass is 335 g/mol. The van der Waals surface area contributed by atoms with Gasteiger partial charge in [0, 0.05) is 31.4 Å². The van der Waals surface area contributed by atoms with Crippen molar-refractivity contribution in [1.29, 1.82) is 0 Å². The SMILES string of the molecule is CC(C)c1nccc(N2CCC(n3cc(Br)cn3)C2)n1. The fraction of sp³-hybridized carbons (Fsp3) is 0.500. The Labute approximate surface area is 127 Å². The van der Waals surface area contributed by atoms with Gasteiger partial charge in [-0.1, -0.05) is 13.8 Å². The van der Waals surface area contributed by atoms with Crippen molar-refractivity contribution >= 4 is 21.7 Å². The zero-order chi connectivity index (χ0) is 14.1. The first-order chi connectivity index (χ1) is 9.63. The van der Waals surface area contributed by atoms with Gasteiger partial charge in [0.15, 0.2) is 0 Å². The first-order valence-electron chi connectivity index (χ1n) is 6.91. The van der Waals surface area contributed by atoms with Crippen LogP contribution in [0.5, 0.6) is 0 Å². The fourth-order valence-corrected chi connectivity index (χ4v) is 2.80. The summed E-state index contributed by atoms with van der Waals surface area (Å²) in [5.74, 6) is 2.29. The second kappa shape index (κ2) is 5.52. The first-order valence-corrected chi connectivity index (χ1v) is 7.70. The Morgan fingerprint density at radius 1 is 1.40 bits per heavy atom. The van der Waals surface area contributed by atoms with Crippen LogP contribution in [0.3, 0.4) is 0 Å². The molecule has 0 radical (unpaired) electrons. The molecule has 1 aliphatic rings. The third-order valence-electron chi connectivity index (χ3n) is 3.61. The van der Waals surface area contributed by atoms with Gasteiger partial charge in [-0.25, -0.2) is 9.97 Å². The summed E-state index contributed by atoms with van der Waals surface area (Å²) in [6.07, 6.45) is 6.82. The molecule has 1 unspecified atom stereocenters. The van der Waals surface area contributed by atoms with Gasteiger partial charge in [0.25, 0.3) is 0 Å². The quantitative estimate of drug-likeness (QED) is 0.864. The molecule has 1 aliphatic heterocycles. The zero-order valence-electron chi connectivity index (χ0n) is 11.7. The maximum absolute atomic E-state index is 4.66. The van der Waals surface area contributed by atoms with Crippen LogP contribution in [0.4, 0.5) is 5.82 Å². The van der Waals surface area contributed by atoms with E-state index < -0.39 is 0 Å². The van der Waals surface area contributed by atoms with Crippen LogP contribution in [-0.4, -0.2) is 32.8 Å². The number of nitrogens with zero attached hydrogens (tertiary/aromatic N) is 5. The number of halogens is 1. The predicted molar refractivity (Wildman–Crippen MR) is 81.9 cm³/mol. The van der Waals surface area contributed by atoms with Crippen molar-refractivity contribution in [2.75, 3.05) is 18.0 Å². The topological polar surface area (TPSA) is 46.8 Å². The highest BCUT2D eigenvalue weighted by atomic mass is 79.9. The highest BCUT2D eigenvalue weighted by Crippen LogP contribution is 2.26. The maximum Gasteiger partial charge on any atom is 0.133 e. The van der Waals surface area contributed by atoms with E-state index >= 15 is 0 Å². The summed E-state index contributed by atoms with van der Waals surface area (Å²) in [6.45, 7) is 6.19. The molecule has 2 aromatic rings. The van der Waals surface area contributed by atoms with E-state index in [9.17, 15) is 0 Å². The van der Waals surface area contributed by atoms with Gasteiger partial charge in [-0.2, -0.15) is 5.10 Å². The molecule has 0 saturated carbocycles. The van der Waals surface area contributed by atoms with Gasteiger partial charge in [-0.15, -0.1) is 0 Å². The van der Waals surface area contributed by atoms with Crippen LogP contribution in [0.1, 0.15) is 38.1 Å². The minimum absolute atomic E-state index is 0.357. The van der Waals surface area contributed by atoms with E-state index in [4.69, 9.17) is 0 Å². The lowest BCUT2D eigenvalue weighted by atomic mass is 10.2. The van der Waals surface area contributed by atoms with Crippen LogP contribution in [0.2, 0.25) is 0 Å². The standard InChI is InChI=1S/C14H18BrN5/c1-10(2)14-16-5-3-13(18-14)19-6-4-12(9-19)20-8-11(15)7-17-20/h3,5,7-8,10,12H,4,6,9H2,1-2H3. The minimum atomic E-state index is 0.357. The Bertz CT molecular complexity index is 595. The summed E-state index contributed by atoms with van der Waals surface area (Å²) in [7, 11) is 0. The number of hydrogen-bond acceptors (Lipinski definition) is 4. The second-order valence-electron chi connectivity index (χ2n) is 5.45. The lowest BCUT2D eigenvalue weighted by Crippen LogP contribution is -2.22. The van der Waals surface area contributed by atoms with Gasteiger partial charge in [-0.05, 0) is 28.4 Å². The highest BCUT2D eigenvalue weighted by molar-refractivity contribution is 9.10. The normalized spacial score (nSPS) is 19.0. The summed E-state index contributed by atoms with van der Waals surface area (Å²) in [5, 5.41) is 4.38. The summed E-state index contributed by atoms with van der Waals surface area (Å²) < 4.78 is 3.06. The van der Waals surface area contributed by atoms with Crippen LogP contribution in [0.25, 0.3) is 0 Å². The van der Waals surface area contributed by atoms with E-state index in [1.165, 1.54) is 0 Å².